The summed E-state index contributed by atoms with van der Waals surface area (Å²) < 4.78 is 6.48. The van der Waals surface area contributed by atoms with E-state index in [9.17, 15) is 9.59 Å². The number of carbonyl (C=O) groups is 2. The molecule has 3 rings (SSSR count). The summed E-state index contributed by atoms with van der Waals surface area (Å²) >= 11 is 18.4. The Hall–Kier alpha value is -2.57. The van der Waals surface area contributed by atoms with Crippen molar-refractivity contribution in [3.05, 3.63) is 98.5 Å². The molecular weight excluding hydrogens is 509 g/mol. The number of nitrogens with two attached hydrogens (primary N) is 1. The van der Waals surface area contributed by atoms with E-state index in [-0.39, 0.29) is 30.9 Å². The number of primary amides is 1. The largest absolute Gasteiger partial charge is 0.485 e. The minimum Gasteiger partial charge on any atom is -0.485 e. The summed E-state index contributed by atoms with van der Waals surface area (Å²) in [5, 5.41) is 11.7. The molecule has 0 saturated carbocycles. The third kappa shape index (κ3) is 7.71. The van der Waals surface area contributed by atoms with Crippen LogP contribution in [0.1, 0.15) is 59.7 Å². The molecule has 35 heavy (non-hydrogen) atoms. The first kappa shape index (κ1) is 27.0. The van der Waals surface area contributed by atoms with E-state index in [0.717, 1.165) is 24.0 Å². The summed E-state index contributed by atoms with van der Waals surface area (Å²) in [5.41, 5.74) is 2.50. The fourth-order valence-electron chi connectivity index (χ4n) is 3.87. The fourth-order valence-corrected chi connectivity index (χ4v) is 4.29. The molecule has 3 aromatic rings. The molecule has 2 atom stereocenters. The monoisotopic (exact) mass is 534 g/mol. The van der Waals surface area contributed by atoms with Crippen LogP contribution in [0.4, 0.5) is 0 Å². The molecule has 0 saturated heterocycles. The maximum absolute atomic E-state index is 12.4. The molecule has 0 aliphatic carbocycles. The highest BCUT2D eigenvalue weighted by atomic mass is 35.5. The van der Waals surface area contributed by atoms with Crippen molar-refractivity contribution in [1.29, 1.82) is 0 Å². The normalized spacial score (nSPS) is 12.7. The maximum Gasteiger partial charge on any atom is 0.342 e. The van der Waals surface area contributed by atoms with Crippen LogP contribution in [-0.4, -0.2) is 23.5 Å². The van der Waals surface area contributed by atoms with Crippen LogP contribution in [0.5, 0.6) is 5.75 Å². The van der Waals surface area contributed by atoms with Gasteiger partial charge >= 0.3 is 11.9 Å². The molecule has 0 radical (unpaired) electrons. The molecule has 184 valence electrons. The van der Waals surface area contributed by atoms with Crippen LogP contribution in [0.15, 0.2) is 66.7 Å². The molecule has 0 spiro atoms. The molecule has 3 N–H and O–H groups in total. The van der Waals surface area contributed by atoms with Crippen LogP contribution in [0.2, 0.25) is 15.1 Å². The number of carbonyl (C=O) groups excluding carboxylic acids is 1. The summed E-state index contributed by atoms with van der Waals surface area (Å²) in [5.74, 6) is -0.538. The van der Waals surface area contributed by atoms with Gasteiger partial charge in [-0.15, -0.1) is 0 Å². The van der Waals surface area contributed by atoms with Gasteiger partial charge in [0.25, 0.3) is 0 Å². The van der Waals surface area contributed by atoms with Gasteiger partial charge in [-0.2, -0.15) is 0 Å². The lowest BCUT2D eigenvalue weighted by atomic mass is 9.85. The Labute approximate surface area is 220 Å². The van der Waals surface area contributed by atoms with E-state index in [1.54, 1.807) is 30.3 Å². The summed E-state index contributed by atoms with van der Waals surface area (Å²) in [4.78, 5) is 23.1. The van der Waals surface area contributed by atoms with Crippen LogP contribution in [0, 0.1) is 0 Å². The van der Waals surface area contributed by atoms with Crippen LogP contribution in [0.25, 0.3) is 0 Å². The Morgan fingerprint density at radius 1 is 0.914 bits per heavy atom. The van der Waals surface area contributed by atoms with Gasteiger partial charge in [0.15, 0.2) is 0 Å². The highest BCUT2D eigenvalue weighted by molar-refractivity contribution is 6.42. The summed E-state index contributed by atoms with van der Waals surface area (Å²) in [7, 11) is 0. The van der Waals surface area contributed by atoms with Crippen molar-refractivity contribution in [2.45, 2.75) is 38.2 Å². The van der Waals surface area contributed by atoms with Gasteiger partial charge in [-0.05, 0) is 53.9 Å². The number of hydrogen-bond acceptors (Lipinski definition) is 3. The molecule has 0 bridgehead atoms. The zero-order valence-electron chi connectivity index (χ0n) is 19.2. The zero-order chi connectivity index (χ0) is 25.4. The van der Waals surface area contributed by atoms with Crippen LogP contribution in [-0.2, 0) is 4.79 Å². The first-order valence-electron chi connectivity index (χ1n) is 11.3. The minimum atomic E-state index is -0.929. The van der Waals surface area contributed by atoms with Crippen LogP contribution >= 0.6 is 34.8 Å². The average Bonchev–Trinajstić information content (AvgIpc) is 2.84. The van der Waals surface area contributed by atoms with Gasteiger partial charge in [0.05, 0.1) is 28.6 Å². The van der Waals surface area contributed by atoms with Gasteiger partial charge in [-0.3, -0.25) is 10.1 Å². The van der Waals surface area contributed by atoms with Crippen molar-refractivity contribution in [1.82, 2.24) is 0 Å². The Morgan fingerprint density at radius 2 is 1.57 bits per heavy atom. The molecule has 0 aromatic heterocycles. The number of carboxylic acids is 1. The lowest BCUT2D eigenvalue weighted by Crippen LogP contribution is -2.88. The van der Waals surface area contributed by atoms with E-state index in [0.29, 0.717) is 26.4 Å². The molecule has 0 heterocycles. The lowest BCUT2D eigenvalue weighted by Gasteiger charge is -2.29. The van der Waals surface area contributed by atoms with Crippen LogP contribution < -0.4 is 10.1 Å². The van der Waals surface area contributed by atoms with Crippen molar-refractivity contribution in [2.75, 3.05) is 6.54 Å². The second kappa shape index (κ2) is 12.9. The van der Waals surface area contributed by atoms with Gasteiger partial charge < -0.3 is 9.84 Å². The van der Waals surface area contributed by atoms with E-state index in [1.165, 1.54) is 5.32 Å². The molecule has 0 unspecified atom stereocenters. The van der Waals surface area contributed by atoms with E-state index in [1.807, 2.05) is 36.4 Å². The van der Waals surface area contributed by atoms with Crippen molar-refractivity contribution < 1.29 is 24.7 Å². The van der Waals surface area contributed by atoms with Crippen molar-refractivity contribution in [2.24, 2.45) is 0 Å². The molecule has 8 heteroatoms. The number of rotatable bonds is 11. The zero-order valence-corrected chi connectivity index (χ0v) is 21.5. The van der Waals surface area contributed by atoms with Gasteiger partial charge in [0, 0.05) is 17.0 Å². The predicted molar refractivity (Wildman–Crippen MR) is 139 cm³/mol. The number of carboxylic acid groups (broad SMARTS) is 1. The lowest BCUT2D eigenvalue weighted by molar-refractivity contribution is -0.554. The molecule has 0 aliphatic rings. The average molecular weight is 536 g/mol. The third-order valence-electron chi connectivity index (χ3n) is 5.63. The van der Waals surface area contributed by atoms with Crippen molar-refractivity contribution >= 4 is 46.7 Å². The second-order valence-electron chi connectivity index (χ2n) is 8.18. The van der Waals surface area contributed by atoms with E-state index < -0.39 is 5.97 Å². The number of hydrogen-bond donors (Lipinski definition) is 2. The maximum atomic E-state index is 12.4. The SMILES string of the molecule is CCC[C@H](c1ccc(C(=O)[NH2+]CCC(=O)O)cc1)[C@@H](Oc1ccc(Cl)c(Cl)c1)c1ccc(Cl)cc1. The van der Waals surface area contributed by atoms with E-state index in [4.69, 9.17) is 44.6 Å². The molecule has 0 fully saturated rings. The molecule has 0 aliphatic heterocycles. The number of quaternary nitrogens is 1. The van der Waals surface area contributed by atoms with Gasteiger partial charge in [-0.25, -0.2) is 4.79 Å². The summed E-state index contributed by atoms with van der Waals surface area (Å²) in [6.45, 7) is 2.31. The highest BCUT2D eigenvalue weighted by Gasteiger charge is 2.27. The first-order valence-corrected chi connectivity index (χ1v) is 12.5. The predicted octanol–water partition coefficient (Wildman–Crippen LogP) is 6.53. The second-order valence-corrected chi connectivity index (χ2v) is 9.43. The third-order valence-corrected chi connectivity index (χ3v) is 6.62. The van der Waals surface area contributed by atoms with Crippen molar-refractivity contribution in [3.63, 3.8) is 0 Å². The Balaban J connectivity index is 1.90. The Kier molecular flexibility index (Phi) is 9.99. The Morgan fingerprint density at radius 3 is 2.17 bits per heavy atom. The van der Waals surface area contributed by atoms with Gasteiger partial charge in [0.1, 0.15) is 11.9 Å². The molecule has 5 nitrogen and oxygen atoms in total. The Bertz CT molecular complexity index is 1150. The van der Waals surface area contributed by atoms with Gasteiger partial charge in [0.2, 0.25) is 0 Å². The fraction of sp³-hybridized carbons (Fsp3) is 0.259. The number of aliphatic carboxylic acids is 1. The smallest absolute Gasteiger partial charge is 0.342 e. The quantitative estimate of drug-likeness (QED) is 0.292. The topological polar surface area (TPSA) is 80.2 Å². The van der Waals surface area contributed by atoms with E-state index >= 15 is 0 Å². The summed E-state index contributed by atoms with van der Waals surface area (Å²) in [6.07, 6.45) is 1.35. The number of benzene rings is 3. The molecule has 3 aromatic carbocycles. The standard InChI is InChI=1S/C27H26Cl3NO4/c1-2-3-22(17-4-6-19(7-5-17)27(34)31-15-14-25(32)33)26(18-8-10-20(28)11-9-18)35-21-12-13-23(29)24(30)16-21/h4-13,16,22,26H,2-3,14-15H2,1H3,(H,31,34)(H,32,33)/p+1/t22-,26+/m1/s1. The number of ether oxygens (including phenoxy) is 1. The minimum absolute atomic E-state index is 0.0178. The first-order chi connectivity index (χ1) is 16.8. The number of halogens is 3. The summed E-state index contributed by atoms with van der Waals surface area (Å²) in [6, 6.07) is 20.2. The molecule has 1 amide bonds. The van der Waals surface area contributed by atoms with Gasteiger partial charge in [-0.1, -0.05) is 72.4 Å². The van der Waals surface area contributed by atoms with Crippen molar-refractivity contribution in [3.8, 4) is 5.75 Å². The molecular formula is C27H27Cl3NO4+. The van der Waals surface area contributed by atoms with E-state index in [2.05, 4.69) is 6.92 Å². The number of amides is 1. The highest BCUT2D eigenvalue weighted by Crippen LogP contribution is 2.40. The van der Waals surface area contributed by atoms with Crippen LogP contribution in [0.3, 0.4) is 0 Å².